The third-order valence-corrected chi connectivity index (χ3v) is 7.03. The number of benzene rings is 1. The molecule has 3 aliphatic rings. The van der Waals surface area contributed by atoms with Crippen molar-refractivity contribution in [2.45, 2.75) is 84.3 Å². The third kappa shape index (κ3) is 8.73. The Kier molecular flexibility index (Phi) is 11.3. The second-order valence-corrected chi connectivity index (χ2v) is 11.5. The fraction of sp³-hybridized carbons (Fsp3) is 0.600. The van der Waals surface area contributed by atoms with E-state index in [1.54, 1.807) is 33.8 Å². The number of hydrogen-bond acceptors (Lipinski definition) is 11. The first kappa shape index (κ1) is 33.3. The van der Waals surface area contributed by atoms with Gasteiger partial charge in [-0.25, -0.2) is 19.9 Å². The second kappa shape index (κ2) is 14.9. The summed E-state index contributed by atoms with van der Waals surface area (Å²) in [5.41, 5.74) is 5.76. The van der Waals surface area contributed by atoms with Gasteiger partial charge in [0.15, 0.2) is 6.79 Å². The van der Waals surface area contributed by atoms with Crippen LogP contribution in [0.25, 0.3) is 5.70 Å². The lowest BCUT2D eigenvalue weighted by molar-refractivity contribution is -0.217. The van der Waals surface area contributed by atoms with Gasteiger partial charge in [0.05, 0.1) is 18.9 Å². The van der Waals surface area contributed by atoms with Gasteiger partial charge in [0.25, 0.3) is 0 Å². The largest absolute Gasteiger partial charge is 0.464 e. The summed E-state index contributed by atoms with van der Waals surface area (Å²) in [7, 11) is 1.46. The molecular formula is C30H42F2N4O8. The van der Waals surface area contributed by atoms with Gasteiger partial charge in [0.1, 0.15) is 11.6 Å². The molecule has 1 aromatic rings. The molecule has 12 nitrogen and oxygen atoms in total. The lowest BCUT2D eigenvalue weighted by Gasteiger charge is -2.39. The molecule has 2 atom stereocenters. The van der Waals surface area contributed by atoms with Crippen LogP contribution in [-0.4, -0.2) is 80.1 Å². The van der Waals surface area contributed by atoms with Gasteiger partial charge in [-0.2, -0.15) is 14.0 Å². The molecule has 0 saturated carbocycles. The third-order valence-electron chi connectivity index (χ3n) is 7.03. The maximum atomic E-state index is 13.1. The summed E-state index contributed by atoms with van der Waals surface area (Å²) >= 11 is 0. The van der Waals surface area contributed by atoms with E-state index in [1.165, 1.54) is 17.2 Å². The number of rotatable bonds is 9. The monoisotopic (exact) mass is 624 g/mol. The summed E-state index contributed by atoms with van der Waals surface area (Å²) in [6.45, 7) is 5.11. The van der Waals surface area contributed by atoms with Gasteiger partial charge in [-0.1, -0.05) is 6.07 Å². The number of amides is 1. The number of methoxy groups -OCH3 is 1. The van der Waals surface area contributed by atoms with Crippen molar-refractivity contribution in [3.8, 4) is 0 Å². The van der Waals surface area contributed by atoms with Gasteiger partial charge in [0, 0.05) is 43.6 Å². The molecule has 2 N–H and O–H groups in total. The zero-order valence-electron chi connectivity index (χ0n) is 25.8. The van der Waals surface area contributed by atoms with Crippen molar-refractivity contribution in [1.29, 1.82) is 0 Å². The van der Waals surface area contributed by atoms with E-state index in [1.807, 2.05) is 18.2 Å². The van der Waals surface area contributed by atoms with Crippen molar-refractivity contribution in [3.05, 3.63) is 46.9 Å². The van der Waals surface area contributed by atoms with E-state index in [9.17, 15) is 18.4 Å². The molecular weight excluding hydrogens is 582 g/mol. The van der Waals surface area contributed by atoms with E-state index in [-0.39, 0.29) is 31.9 Å². The van der Waals surface area contributed by atoms with Gasteiger partial charge >= 0.3 is 18.7 Å². The molecule has 1 saturated heterocycles. The Bertz CT molecular complexity index is 1240. The maximum Gasteiger partial charge on any atom is 0.411 e. The van der Waals surface area contributed by atoms with Gasteiger partial charge in [-0.15, -0.1) is 0 Å². The maximum absolute atomic E-state index is 13.1. The number of fused-ring (bicyclic) bond motifs is 2. The summed E-state index contributed by atoms with van der Waals surface area (Å²) in [6.07, 6.45) is 3.18. The van der Waals surface area contributed by atoms with Crippen molar-refractivity contribution in [2.75, 3.05) is 39.0 Å². The predicted octanol–water partition coefficient (Wildman–Crippen LogP) is 4.89. The first-order valence-electron chi connectivity index (χ1n) is 14.7. The smallest absolute Gasteiger partial charge is 0.411 e. The number of likely N-dealkylation sites (tertiary alicyclic amines) is 1. The number of esters is 1. The Morgan fingerprint density at radius 3 is 2.73 bits per heavy atom. The molecule has 0 spiro atoms. The molecule has 0 aromatic heterocycles. The lowest BCUT2D eigenvalue weighted by atomic mass is 9.96. The molecule has 4 rings (SSSR count). The van der Waals surface area contributed by atoms with Crippen LogP contribution in [0, 0.1) is 0 Å². The molecule has 1 amide bonds. The van der Waals surface area contributed by atoms with Crippen LogP contribution in [0.4, 0.5) is 19.3 Å². The first-order chi connectivity index (χ1) is 21.0. The van der Waals surface area contributed by atoms with Crippen molar-refractivity contribution in [1.82, 2.24) is 15.5 Å². The SMILES string of the molecule is CCOC(=O)[C@@H]1CC[C@@H](Nc2ccc3c(c2)COCCCC2=C3N(OCOC)NC(OC(F)F)=C2)CN1C(=O)OC(C)(C)C. The highest BCUT2D eigenvalue weighted by Gasteiger charge is 2.39. The summed E-state index contributed by atoms with van der Waals surface area (Å²) < 4.78 is 52.6. The number of carbonyl (C=O) groups is 2. The number of anilines is 1. The zero-order chi connectivity index (χ0) is 31.9. The Labute approximate surface area is 256 Å². The molecule has 1 aromatic carbocycles. The van der Waals surface area contributed by atoms with E-state index < -0.39 is 30.3 Å². The Balaban J connectivity index is 1.61. The number of nitrogens with zero attached hydrogens (tertiary/aromatic N) is 2. The van der Waals surface area contributed by atoms with Gasteiger partial charge in [-0.05, 0) is 76.6 Å². The van der Waals surface area contributed by atoms with Gasteiger partial charge < -0.3 is 29.0 Å². The van der Waals surface area contributed by atoms with Crippen molar-refractivity contribution < 1.29 is 46.9 Å². The van der Waals surface area contributed by atoms with Crippen LogP contribution in [-0.2, 0) is 39.9 Å². The molecule has 44 heavy (non-hydrogen) atoms. The second-order valence-electron chi connectivity index (χ2n) is 11.5. The van der Waals surface area contributed by atoms with Crippen molar-refractivity contribution in [3.63, 3.8) is 0 Å². The van der Waals surface area contributed by atoms with Crippen LogP contribution in [0.2, 0.25) is 0 Å². The van der Waals surface area contributed by atoms with E-state index in [0.29, 0.717) is 44.6 Å². The van der Waals surface area contributed by atoms with Crippen molar-refractivity contribution in [2.24, 2.45) is 0 Å². The Morgan fingerprint density at radius 1 is 1.23 bits per heavy atom. The summed E-state index contributed by atoms with van der Waals surface area (Å²) in [5.74, 6) is -0.601. The number of hydrogen-bond donors (Lipinski definition) is 2. The molecule has 3 heterocycles. The number of ether oxygens (including phenoxy) is 5. The van der Waals surface area contributed by atoms with Gasteiger partial charge in [0.2, 0.25) is 5.88 Å². The van der Waals surface area contributed by atoms with E-state index in [2.05, 4.69) is 15.5 Å². The van der Waals surface area contributed by atoms with E-state index in [0.717, 1.165) is 22.4 Å². The molecule has 3 aliphatic heterocycles. The summed E-state index contributed by atoms with van der Waals surface area (Å²) in [4.78, 5) is 32.9. The molecule has 0 unspecified atom stereocenters. The number of nitrogens with one attached hydrogen (secondary N) is 2. The lowest BCUT2D eigenvalue weighted by Crippen LogP contribution is -2.55. The Hall–Kier alpha value is -3.62. The van der Waals surface area contributed by atoms with E-state index in [4.69, 9.17) is 23.8 Å². The molecule has 0 bridgehead atoms. The molecule has 244 valence electrons. The van der Waals surface area contributed by atoms with Crippen LogP contribution < -0.4 is 10.7 Å². The van der Waals surface area contributed by atoms with Crippen LogP contribution in [0.3, 0.4) is 0 Å². The highest BCUT2D eigenvalue weighted by molar-refractivity contribution is 5.82. The minimum absolute atomic E-state index is 0.139. The summed E-state index contributed by atoms with van der Waals surface area (Å²) in [5, 5.41) is 4.78. The quantitative estimate of drug-likeness (QED) is 0.289. The van der Waals surface area contributed by atoms with Crippen LogP contribution in [0.5, 0.6) is 0 Å². The fourth-order valence-electron chi connectivity index (χ4n) is 5.29. The van der Waals surface area contributed by atoms with Crippen LogP contribution >= 0.6 is 0 Å². The normalized spacial score (nSPS) is 20.8. The number of halogens is 2. The Morgan fingerprint density at radius 2 is 2.02 bits per heavy atom. The van der Waals surface area contributed by atoms with E-state index >= 15 is 0 Å². The van der Waals surface area contributed by atoms with Crippen LogP contribution in [0.15, 0.2) is 35.7 Å². The number of alkyl halides is 2. The predicted molar refractivity (Wildman–Crippen MR) is 155 cm³/mol. The standard InChI is InChI=1S/C30H42F2N4O8/c1-6-41-27(37)24-12-10-22(16-35(24)29(38)44-30(2,3)4)33-21-9-11-23-20(14-21)17-40-13-7-8-19-15-25(43-28(31)32)34-36(26(19)23)42-18-39-5/h9,11,14-15,22,24,28,33-34H,6-8,10,12-13,16-18H2,1-5H3/t22-,24+/m1/s1. The van der Waals surface area contributed by atoms with Crippen molar-refractivity contribution >= 4 is 23.4 Å². The fourth-order valence-corrected chi connectivity index (χ4v) is 5.29. The average molecular weight is 625 g/mol. The number of hydroxylamine groups is 1. The highest BCUT2D eigenvalue weighted by Crippen LogP contribution is 2.35. The zero-order valence-corrected chi connectivity index (χ0v) is 25.8. The molecule has 1 fully saturated rings. The number of piperidine rings is 1. The highest BCUT2D eigenvalue weighted by atomic mass is 19.3. The number of hydrazine groups is 1. The molecule has 0 aliphatic carbocycles. The average Bonchev–Trinajstić information content (AvgIpc) is 3.03. The number of carbonyl (C=O) groups excluding carboxylic acids is 2. The summed E-state index contributed by atoms with van der Waals surface area (Å²) in [6, 6.07) is 4.83. The van der Waals surface area contributed by atoms with Crippen LogP contribution in [0.1, 0.15) is 64.5 Å². The van der Waals surface area contributed by atoms with Gasteiger partial charge in [-0.3, -0.25) is 4.90 Å². The first-order valence-corrected chi connectivity index (χ1v) is 14.7. The molecule has 14 heteroatoms. The topological polar surface area (TPSA) is 120 Å². The molecule has 0 radical (unpaired) electrons. The number of allylic oxidation sites excluding steroid dienone is 2. The minimum atomic E-state index is -3.01. The minimum Gasteiger partial charge on any atom is -0.464 e.